The van der Waals surface area contributed by atoms with Crippen molar-refractivity contribution >= 4 is 33.2 Å². The first-order chi connectivity index (χ1) is 16.5. The highest BCUT2D eigenvalue weighted by Gasteiger charge is 2.32. The van der Waals surface area contributed by atoms with Crippen molar-refractivity contribution in [3.63, 3.8) is 0 Å². The van der Waals surface area contributed by atoms with Crippen LogP contribution in [0.2, 0.25) is 0 Å². The molecule has 0 bridgehead atoms. The summed E-state index contributed by atoms with van der Waals surface area (Å²) >= 11 is 0. The van der Waals surface area contributed by atoms with E-state index < -0.39 is 39.0 Å². The molecular weight excluding hydrogens is 484 g/mol. The number of hydrogen-bond donors (Lipinski definition) is 1. The Morgan fingerprint density at radius 3 is 2.22 bits per heavy atom. The average Bonchev–Trinajstić information content (AvgIpc) is 2.74. The number of hydrogen-bond acceptors (Lipinski definition) is 6. The zero-order valence-electron chi connectivity index (χ0n) is 21.7. The molecule has 0 fully saturated rings. The van der Waals surface area contributed by atoms with E-state index in [2.05, 4.69) is 5.32 Å². The number of nitro groups is 1. The van der Waals surface area contributed by atoms with Crippen LogP contribution in [-0.2, 0) is 26.2 Å². The third-order valence-electron chi connectivity index (χ3n) is 5.62. The van der Waals surface area contributed by atoms with Gasteiger partial charge in [-0.1, -0.05) is 30.3 Å². The van der Waals surface area contributed by atoms with Crippen molar-refractivity contribution in [3.8, 4) is 0 Å². The van der Waals surface area contributed by atoms with Crippen LogP contribution in [0, 0.1) is 24.0 Å². The van der Waals surface area contributed by atoms with Crippen LogP contribution in [0.4, 0.5) is 11.4 Å². The molecule has 36 heavy (non-hydrogen) atoms. The quantitative estimate of drug-likeness (QED) is 0.400. The Morgan fingerprint density at radius 2 is 1.69 bits per heavy atom. The number of aryl methyl sites for hydroxylation is 2. The molecule has 1 atom stereocenters. The first-order valence-electron chi connectivity index (χ1n) is 11.4. The first kappa shape index (κ1) is 28.8. The Balaban J connectivity index is 2.51. The normalized spacial score (nSPS) is 12.5. The maximum absolute atomic E-state index is 13.6. The third kappa shape index (κ3) is 7.51. The number of amides is 2. The van der Waals surface area contributed by atoms with Gasteiger partial charge in [0.2, 0.25) is 21.8 Å². The van der Waals surface area contributed by atoms with Crippen LogP contribution >= 0.6 is 0 Å². The summed E-state index contributed by atoms with van der Waals surface area (Å²) in [4.78, 5) is 38.6. The van der Waals surface area contributed by atoms with Crippen molar-refractivity contribution in [2.45, 2.75) is 59.7 Å². The largest absolute Gasteiger partial charge is 0.350 e. The standard InChI is InChI=1S/C25H34N4O6S/c1-17-10-8-9-11-20(17)15-27(19(3)24(31)26-25(4,5)6)23(30)16-28(36(7,34)35)22-14-21(29(32)33)13-12-18(22)2/h8-14,19H,15-16H2,1-7H3,(H,26,31)/t19-/m0/s1. The predicted octanol–water partition coefficient (Wildman–Crippen LogP) is 3.31. The molecule has 0 aliphatic carbocycles. The van der Waals surface area contributed by atoms with Crippen LogP contribution in [0.15, 0.2) is 42.5 Å². The minimum Gasteiger partial charge on any atom is -0.350 e. The first-order valence-corrected chi connectivity index (χ1v) is 13.2. The topological polar surface area (TPSA) is 130 Å². The van der Waals surface area contributed by atoms with Crippen LogP contribution < -0.4 is 9.62 Å². The number of benzene rings is 2. The molecule has 2 rings (SSSR count). The lowest BCUT2D eigenvalue weighted by molar-refractivity contribution is -0.384. The van der Waals surface area contributed by atoms with E-state index in [0.717, 1.165) is 27.8 Å². The minimum atomic E-state index is -4.00. The molecule has 2 amide bonds. The Morgan fingerprint density at radius 1 is 1.08 bits per heavy atom. The second kappa shape index (κ2) is 11.1. The highest BCUT2D eigenvalue weighted by molar-refractivity contribution is 7.92. The van der Waals surface area contributed by atoms with E-state index in [1.807, 2.05) is 52.0 Å². The van der Waals surface area contributed by atoms with Gasteiger partial charge in [0.15, 0.2) is 0 Å². The van der Waals surface area contributed by atoms with Gasteiger partial charge in [-0.3, -0.25) is 24.0 Å². The molecule has 0 unspecified atom stereocenters. The minimum absolute atomic E-state index is 0.0303. The van der Waals surface area contributed by atoms with E-state index in [-0.39, 0.29) is 23.8 Å². The number of rotatable bonds is 9. The molecule has 2 aromatic rings. The lowest BCUT2D eigenvalue weighted by Gasteiger charge is -2.33. The average molecular weight is 519 g/mol. The highest BCUT2D eigenvalue weighted by Crippen LogP contribution is 2.28. The van der Waals surface area contributed by atoms with Gasteiger partial charge in [-0.05, 0) is 58.2 Å². The number of nitrogens with one attached hydrogen (secondary N) is 1. The van der Waals surface area contributed by atoms with Gasteiger partial charge < -0.3 is 10.2 Å². The summed E-state index contributed by atoms with van der Waals surface area (Å²) in [7, 11) is -4.00. The SMILES string of the molecule is Cc1ccccc1CN(C(=O)CN(c1cc([N+](=O)[O-])ccc1C)S(C)(=O)=O)[C@@H](C)C(=O)NC(C)(C)C. The van der Waals surface area contributed by atoms with Crippen molar-refractivity contribution in [1.82, 2.24) is 10.2 Å². The summed E-state index contributed by atoms with van der Waals surface area (Å²) < 4.78 is 26.3. The van der Waals surface area contributed by atoms with Gasteiger partial charge in [-0.15, -0.1) is 0 Å². The number of nitrogens with zero attached hydrogens (tertiary/aromatic N) is 3. The summed E-state index contributed by atoms with van der Waals surface area (Å²) in [5.74, 6) is -1.01. The molecular formula is C25H34N4O6S. The van der Waals surface area contributed by atoms with Gasteiger partial charge in [-0.25, -0.2) is 8.42 Å². The van der Waals surface area contributed by atoms with E-state index in [1.54, 1.807) is 13.8 Å². The summed E-state index contributed by atoms with van der Waals surface area (Å²) in [6.07, 6.45) is 0.931. The Kier molecular flexibility index (Phi) is 8.84. The summed E-state index contributed by atoms with van der Waals surface area (Å²) in [6.45, 7) is 9.99. The van der Waals surface area contributed by atoms with Gasteiger partial charge in [0, 0.05) is 24.2 Å². The fourth-order valence-corrected chi connectivity index (χ4v) is 4.50. The Bertz CT molecular complexity index is 1250. The van der Waals surface area contributed by atoms with Crippen molar-refractivity contribution in [2.24, 2.45) is 0 Å². The second-order valence-electron chi connectivity index (χ2n) is 9.86. The maximum atomic E-state index is 13.6. The fourth-order valence-electron chi connectivity index (χ4n) is 3.60. The van der Waals surface area contributed by atoms with Gasteiger partial charge in [0.1, 0.15) is 12.6 Å². The number of carbonyl (C=O) groups is 2. The molecule has 0 aromatic heterocycles. The Hall–Kier alpha value is -3.47. The number of nitro benzene ring substituents is 1. The van der Waals surface area contributed by atoms with Crippen molar-refractivity contribution in [1.29, 1.82) is 0 Å². The molecule has 0 radical (unpaired) electrons. The van der Waals surface area contributed by atoms with Crippen LogP contribution in [0.3, 0.4) is 0 Å². The van der Waals surface area contributed by atoms with Crippen LogP contribution in [0.1, 0.15) is 44.4 Å². The van der Waals surface area contributed by atoms with Crippen LogP contribution in [0.5, 0.6) is 0 Å². The molecule has 196 valence electrons. The lowest BCUT2D eigenvalue weighted by Crippen LogP contribution is -2.54. The number of non-ortho nitro benzene ring substituents is 1. The zero-order chi connectivity index (χ0) is 27.4. The Labute approximate surface area is 212 Å². The zero-order valence-corrected chi connectivity index (χ0v) is 22.5. The van der Waals surface area contributed by atoms with E-state index in [4.69, 9.17) is 0 Å². The van der Waals surface area contributed by atoms with E-state index in [9.17, 15) is 28.1 Å². The molecule has 0 saturated carbocycles. The van der Waals surface area contributed by atoms with Crippen LogP contribution in [-0.4, -0.2) is 54.4 Å². The molecule has 0 spiro atoms. The van der Waals surface area contributed by atoms with Gasteiger partial charge in [0.25, 0.3) is 5.69 Å². The molecule has 0 aliphatic heterocycles. The molecule has 2 aromatic carbocycles. The highest BCUT2D eigenvalue weighted by atomic mass is 32.2. The van der Waals surface area contributed by atoms with Gasteiger partial charge in [-0.2, -0.15) is 0 Å². The van der Waals surface area contributed by atoms with E-state index in [1.165, 1.54) is 17.0 Å². The van der Waals surface area contributed by atoms with E-state index >= 15 is 0 Å². The fraction of sp³-hybridized carbons (Fsp3) is 0.440. The summed E-state index contributed by atoms with van der Waals surface area (Å²) in [5.41, 5.74) is 1.35. The molecule has 0 heterocycles. The summed E-state index contributed by atoms with van der Waals surface area (Å²) in [5, 5.41) is 14.2. The van der Waals surface area contributed by atoms with Crippen LogP contribution in [0.25, 0.3) is 0 Å². The second-order valence-corrected chi connectivity index (χ2v) is 11.8. The molecule has 11 heteroatoms. The third-order valence-corrected chi connectivity index (χ3v) is 6.75. The van der Waals surface area contributed by atoms with E-state index in [0.29, 0.717) is 5.56 Å². The van der Waals surface area contributed by atoms with Crippen molar-refractivity contribution in [2.75, 3.05) is 17.1 Å². The number of anilines is 1. The molecule has 0 saturated heterocycles. The van der Waals surface area contributed by atoms with Gasteiger partial charge in [0.05, 0.1) is 16.9 Å². The smallest absolute Gasteiger partial charge is 0.271 e. The number of sulfonamides is 1. The van der Waals surface area contributed by atoms with Crippen molar-refractivity contribution in [3.05, 3.63) is 69.3 Å². The lowest BCUT2D eigenvalue weighted by atomic mass is 10.1. The maximum Gasteiger partial charge on any atom is 0.271 e. The van der Waals surface area contributed by atoms with Gasteiger partial charge >= 0.3 is 0 Å². The predicted molar refractivity (Wildman–Crippen MR) is 139 cm³/mol. The molecule has 1 N–H and O–H groups in total. The number of carbonyl (C=O) groups excluding carboxylic acids is 2. The van der Waals surface area contributed by atoms with Crippen molar-refractivity contribution < 1.29 is 22.9 Å². The molecule has 0 aliphatic rings. The monoisotopic (exact) mass is 518 g/mol. The summed E-state index contributed by atoms with van der Waals surface area (Å²) in [6, 6.07) is 10.3. The molecule has 10 nitrogen and oxygen atoms in total.